The quantitative estimate of drug-likeness (QED) is 0.400. The standard InChI is InChI=1S/C28H39N7OS/c1-7-10-22(11-8-2)26-25-19(3)20(4)37-28(25)35-21(5)31-32-27(35)23(30-26)18-24(36)29-12-9-13-34-16-14-33(6)15-17-34/h7-8,10-11,23H,1,9,12-18H2,2-6H3,(H,29,36)/b11-8-,22-10+/t23-/m0/s1. The number of likely N-dealkylation sites (N-methyl/N-ethyl adjacent to an activating group) is 1. The summed E-state index contributed by atoms with van der Waals surface area (Å²) in [7, 11) is 2.16. The van der Waals surface area contributed by atoms with Gasteiger partial charge in [0.15, 0.2) is 5.82 Å². The molecule has 1 amide bonds. The first kappa shape index (κ1) is 27.2. The SMILES string of the molecule is C=C/C=C(\C=C/C)C1=N[C@@H](CC(=O)NCCCN2CCN(C)CC2)c2nnc(C)n2-c2sc(C)c(C)c21. The number of nitrogens with one attached hydrogen (secondary N) is 1. The summed E-state index contributed by atoms with van der Waals surface area (Å²) in [4.78, 5) is 24.3. The summed E-state index contributed by atoms with van der Waals surface area (Å²) in [5.74, 6) is 1.49. The van der Waals surface area contributed by atoms with Gasteiger partial charge in [-0.25, -0.2) is 0 Å². The van der Waals surface area contributed by atoms with E-state index in [0.29, 0.717) is 12.4 Å². The number of hydrogen-bond donors (Lipinski definition) is 1. The topological polar surface area (TPSA) is 78.7 Å². The van der Waals surface area contributed by atoms with Gasteiger partial charge in [-0.3, -0.25) is 14.4 Å². The molecule has 0 unspecified atom stereocenters. The van der Waals surface area contributed by atoms with E-state index in [1.807, 2.05) is 32.1 Å². The lowest BCUT2D eigenvalue weighted by molar-refractivity contribution is -0.121. The van der Waals surface area contributed by atoms with Gasteiger partial charge in [0.05, 0.1) is 12.1 Å². The van der Waals surface area contributed by atoms with E-state index in [1.165, 1.54) is 10.4 Å². The molecule has 0 aliphatic carbocycles. The minimum atomic E-state index is -0.438. The molecule has 2 aromatic rings. The molecule has 0 saturated carbocycles. The van der Waals surface area contributed by atoms with Gasteiger partial charge in [0.25, 0.3) is 0 Å². The highest BCUT2D eigenvalue weighted by Crippen LogP contribution is 2.39. The van der Waals surface area contributed by atoms with Crippen LogP contribution < -0.4 is 5.32 Å². The van der Waals surface area contributed by atoms with Crippen molar-refractivity contribution in [1.29, 1.82) is 0 Å². The Morgan fingerprint density at radius 2 is 1.95 bits per heavy atom. The molecule has 0 aromatic carbocycles. The zero-order chi connectivity index (χ0) is 26.5. The molecule has 198 valence electrons. The van der Waals surface area contributed by atoms with Gasteiger partial charge in [-0.2, -0.15) is 0 Å². The number of nitrogens with zero attached hydrogens (tertiary/aromatic N) is 6. The van der Waals surface area contributed by atoms with Gasteiger partial charge in [0.1, 0.15) is 16.9 Å². The molecule has 8 nitrogen and oxygen atoms in total. The molecule has 9 heteroatoms. The average molecular weight is 522 g/mol. The highest BCUT2D eigenvalue weighted by atomic mass is 32.1. The van der Waals surface area contributed by atoms with Crippen molar-refractivity contribution in [3.8, 4) is 5.00 Å². The third kappa shape index (κ3) is 6.00. The van der Waals surface area contributed by atoms with Gasteiger partial charge in [0, 0.05) is 48.7 Å². The molecule has 2 aromatic heterocycles. The number of piperazine rings is 1. The summed E-state index contributed by atoms with van der Waals surface area (Å²) in [6, 6.07) is -0.438. The zero-order valence-electron chi connectivity index (χ0n) is 22.8. The van der Waals surface area contributed by atoms with Gasteiger partial charge in [-0.1, -0.05) is 30.9 Å². The first-order valence-corrected chi connectivity index (χ1v) is 13.9. The van der Waals surface area contributed by atoms with Crippen molar-refractivity contribution in [3.63, 3.8) is 0 Å². The van der Waals surface area contributed by atoms with Crippen molar-refractivity contribution in [3.05, 3.63) is 64.1 Å². The molecule has 0 radical (unpaired) electrons. The second kappa shape index (κ2) is 12.1. The Morgan fingerprint density at radius 3 is 2.65 bits per heavy atom. The molecule has 4 heterocycles. The number of aromatic nitrogens is 3. The molecule has 1 saturated heterocycles. The second-order valence-corrected chi connectivity index (χ2v) is 11.0. The molecular formula is C28H39N7OS. The predicted octanol–water partition coefficient (Wildman–Crippen LogP) is 3.93. The normalized spacial score (nSPS) is 18.9. The van der Waals surface area contributed by atoms with Gasteiger partial charge in [-0.05, 0) is 53.3 Å². The molecule has 37 heavy (non-hydrogen) atoms. The number of carbonyl (C=O) groups is 1. The Bertz CT molecular complexity index is 1230. The fourth-order valence-corrected chi connectivity index (χ4v) is 6.11. The molecular weight excluding hydrogens is 482 g/mol. The maximum Gasteiger partial charge on any atom is 0.222 e. The van der Waals surface area contributed by atoms with E-state index in [2.05, 4.69) is 57.4 Å². The maximum atomic E-state index is 13.1. The number of aryl methyl sites for hydroxylation is 2. The number of thiophene rings is 1. The Morgan fingerprint density at radius 1 is 1.19 bits per heavy atom. The van der Waals surface area contributed by atoms with Crippen LogP contribution in [0.1, 0.15) is 53.5 Å². The van der Waals surface area contributed by atoms with Crippen molar-refractivity contribution in [2.75, 3.05) is 46.3 Å². The summed E-state index contributed by atoms with van der Waals surface area (Å²) >= 11 is 1.72. The lowest BCUT2D eigenvalue weighted by Crippen LogP contribution is -2.45. The molecule has 2 aliphatic rings. The molecule has 1 atom stereocenters. The number of aliphatic imine (C=N–C) groups is 1. The third-order valence-corrected chi connectivity index (χ3v) is 8.30. The van der Waals surface area contributed by atoms with Crippen LogP contribution in [0.25, 0.3) is 5.00 Å². The number of fused-ring (bicyclic) bond motifs is 3. The van der Waals surface area contributed by atoms with E-state index in [9.17, 15) is 4.79 Å². The van der Waals surface area contributed by atoms with Crippen molar-refractivity contribution < 1.29 is 4.79 Å². The van der Waals surface area contributed by atoms with Gasteiger partial charge >= 0.3 is 0 Å². The van der Waals surface area contributed by atoms with E-state index >= 15 is 0 Å². The van der Waals surface area contributed by atoms with E-state index in [0.717, 1.165) is 66.8 Å². The summed E-state index contributed by atoms with van der Waals surface area (Å²) in [5, 5.41) is 13.1. The predicted molar refractivity (Wildman–Crippen MR) is 152 cm³/mol. The smallest absolute Gasteiger partial charge is 0.222 e. The number of rotatable bonds is 9. The molecule has 4 rings (SSSR count). The Labute approximate surface area is 224 Å². The first-order chi connectivity index (χ1) is 17.8. The van der Waals surface area contributed by atoms with Crippen LogP contribution in [0.2, 0.25) is 0 Å². The zero-order valence-corrected chi connectivity index (χ0v) is 23.6. The Balaban J connectivity index is 1.57. The summed E-state index contributed by atoms with van der Waals surface area (Å²) in [6.07, 6.45) is 8.97. The lowest BCUT2D eigenvalue weighted by Gasteiger charge is -2.32. The number of hydrogen-bond acceptors (Lipinski definition) is 7. The average Bonchev–Trinajstić information content (AvgIpc) is 3.35. The largest absolute Gasteiger partial charge is 0.356 e. The third-order valence-electron chi connectivity index (χ3n) is 7.10. The highest BCUT2D eigenvalue weighted by molar-refractivity contribution is 7.15. The van der Waals surface area contributed by atoms with Crippen LogP contribution in [0.5, 0.6) is 0 Å². The first-order valence-electron chi connectivity index (χ1n) is 13.1. The molecule has 1 N–H and O–H groups in total. The number of carbonyl (C=O) groups excluding carboxylic acids is 1. The monoisotopic (exact) mass is 521 g/mol. The van der Waals surface area contributed by atoms with Crippen LogP contribution in [0, 0.1) is 20.8 Å². The van der Waals surface area contributed by atoms with Crippen molar-refractivity contribution in [1.82, 2.24) is 29.9 Å². The van der Waals surface area contributed by atoms with E-state index in [1.54, 1.807) is 17.4 Å². The van der Waals surface area contributed by atoms with Crippen LogP contribution in [-0.4, -0.2) is 82.5 Å². The van der Waals surface area contributed by atoms with Crippen molar-refractivity contribution in [2.45, 2.75) is 46.6 Å². The Hall–Kier alpha value is -2.88. The van der Waals surface area contributed by atoms with E-state index in [4.69, 9.17) is 4.99 Å². The van der Waals surface area contributed by atoms with E-state index < -0.39 is 6.04 Å². The highest BCUT2D eigenvalue weighted by Gasteiger charge is 2.32. The van der Waals surface area contributed by atoms with E-state index in [-0.39, 0.29) is 12.3 Å². The molecule has 1 fully saturated rings. The fraction of sp³-hybridized carbons (Fsp3) is 0.500. The maximum absolute atomic E-state index is 13.1. The summed E-state index contributed by atoms with van der Waals surface area (Å²) in [5.41, 5.74) is 4.10. The van der Waals surface area contributed by atoms with Crippen LogP contribution in [0.4, 0.5) is 0 Å². The molecule has 0 spiro atoms. The molecule has 0 bridgehead atoms. The van der Waals surface area contributed by atoms with Crippen molar-refractivity contribution in [2.24, 2.45) is 4.99 Å². The summed E-state index contributed by atoms with van der Waals surface area (Å²) in [6.45, 7) is 18.2. The second-order valence-electron chi connectivity index (χ2n) is 9.81. The van der Waals surface area contributed by atoms with Crippen LogP contribution in [0.3, 0.4) is 0 Å². The lowest BCUT2D eigenvalue weighted by atomic mass is 9.98. The minimum absolute atomic E-state index is 0.0166. The number of allylic oxidation sites excluding steroid dienone is 5. The molecule has 2 aliphatic heterocycles. The van der Waals surface area contributed by atoms with Crippen LogP contribution in [0.15, 0.2) is 41.4 Å². The van der Waals surface area contributed by atoms with Gasteiger partial charge < -0.3 is 15.1 Å². The minimum Gasteiger partial charge on any atom is -0.356 e. The van der Waals surface area contributed by atoms with Crippen LogP contribution in [-0.2, 0) is 4.79 Å². The fourth-order valence-electron chi connectivity index (χ4n) is 4.89. The number of amides is 1. The van der Waals surface area contributed by atoms with Crippen LogP contribution >= 0.6 is 11.3 Å². The summed E-state index contributed by atoms with van der Waals surface area (Å²) < 4.78 is 2.09. The van der Waals surface area contributed by atoms with Gasteiger partial charge in [0.2, 0.25) is 5.91 Å². The van der Waals surface area contributed by atoms with Gasteiger partial charge in [-0.15, -0.1) is 21.5 Å². The van der Waals surface area contributed by atoms with Crippen molar-refractivity contribution >= 4 is 23.0 Å². The Kier molecular flexibility index (Phi) is 8.89.